The van der Waals surface area contributed by atoms with Gasteiger partial charge in [-0.2, -0.15) is 0 Å². The van der Waals surface area contributed by atoms with Gasteiger partial charge in [-0.25, -0.2) is 4.57 Å². The van der Waals surface area contributed by atoms with Gasteiger partial charge in [-0.3, -0.25) is 9.32 Å². The predicted molar refractivity (Wildman–Crippen MR) is 98.5 cm³/mol. The molecule has 0 atom stereocenters. The number of Topliss-reactive ketones (excluding diaryl/α,β-unsaturated/α-hetero) is 1. The van der Waals surface area contributed by atoms with E-state index in [0.29, 0.717) is 17.1 Å². The first-order chi connectivity index (χ1) is 12.6. The Bertz CT molecular complexity index is 836. The van der Waals surface area contributed by atoms with Gasteiger partial charge in [0.05, 0.1) is 0 Å². The SMILES string of the molecule is O=C(COP(=O)(Oc1ccccc1)Oc1ccccc1)c1ccccc1. The van der Waals surface area contributed by atoms with Crippen molar-refractivity contribution in [3.63, 3.8) is 0 Å². The van der Waals surface area contributed by atoms with Crippen LogP contribution in [-0.2, 0) is 9.09 Å². The van der Waals surface area contributed by atoms with E-state index in [-0.39, 0.29) is 5.78 Å². The minimum Gasteiger partial charge on any atom is -0.395 e. The molecular weight excluding hydrogens is 351 g/mol. The molecule has 0 spiro atoms. The number of carbonyl (C=O) groups excluding carboxylic acids is 1. The van der Waals surface area contributed by atoms with Crippen LogP contribution in [0.2, 0.25) is 0 Å². The summed E-state index contributed by atoms with van der Waals surface area (Å²) in [6, 6.07) is 25.7. The molecule has 0 unspecified atom stereocenters. The topological polar surface area (TPSA) is 61.8 Å². The summed E-state index contributed by atoms with van der Waals surface area (Å²) in [5.74, 6) is 0.317. The molecule has 5 nitrogen and oxygen atoms in total. The molecule has 3 rings (SSSR count). The van der Waals surface area contributed by atoms with Crippen molar-refractivity contribution in [2.45, 2.75) is 0 Å². The highest BCUT2D eigenvalue weighted by molar-refractivity contribution is 7.49. The van der Waals surface area contributed by atoms with Crippen LogP contribution in [0.15, 0.2) is 91.0 Å². The van der Waals surface area contributed by atoms with E-state index in [9.17, 15) is 9.36 Å². The first-order valence-corrected chi connectivity index (χ1v) is 9.43. The fraction of sp³-hybridized carbons (Fsp3) is 0.0500. The Morgan fingerprint density at radius 3 is 1.58 bits per heavy atom. The monoisotopic (exact) mass is 368 g/mol. The summed E-state index contributed by atoms with van der Waals surface area (Å²) in [6.07, 6.45) is 0. The Kier molecular flexibility index (Phi) is 5.84. The largest absolute Gasteiger partial charge is 0.588 e. The molecule has 26 heavy (non-hydrogen) atoms. The molecule has 0 radical (unpaired) electrons. The van der Waals surface area contributed by atoms with Crippen molar-refractivity contribution in [2.24, 2.45) is 0 Å². The molecule has 132 valence electrons. The number of ketones is 1. The van der Waals surface area contributed by atoms with Crippen molar-refractivity contribution in [2.75, 3.05) is 6.61 Å². The molecule has 0 aliphatic heterocycles. The molecule has 0 aliphatic carbocycles. The maximum Gasteiger partial charge on any atom is 0.588 e. The molecule has 0 amide bonds. The van der Waals surface area contributed by atoms with Crippen LogP contribution in [0.1, 0.15) is 10.4 Å². The highest BCUT2D eigenvalue weighted by Gasteiger charge is 2.32. The van der Waals surface area contributed by atoms with Crippen LogP contribution in [0.25, 0.3) is 0 Å². The molecule has 6 heteroatoms. The van der Waals surface area contributed by atoms with Gasteiger partial charge in [0, 0.05) is 5.56 Å². The van der Waals surface area contributed by atoms with Gasteiger partial charge in [0.1, 0.15) is 18.1 Å². The molecule has 3 aromatic carbocycles. The molecule has 0 N–H and O–H groups in total. The average Bonchev–Trinajstić information content (AvgIpc) is 2.68. The Hall–Kier alpha value is -2.88. The van der Waals surface area contributed by atoms with Gasteiger partial charge in [0.15, 0.2) is 5.78 Å². The second kappa shape index (κ2) is 8.48. The summed E-state index contributed by atoms with van der Waals surface area (Å²) in [4.78, 5) is 12.2. The number of para-hydroxylation sites is 2. The first-order valence-electron chi connectivity index (χ1n) is 7.97. The first kappa shape index (κ1) is 17.9. The zero-order chi connectivity index (χ0) is 18.2. The maximum atomic E-state index is 13.1. The van der Waals surface area contributed by atoms with E-state index in [1.807, 2.05) is 0 Å². The molecule has 0 heterocycles. The van der Waals surface area contributed by atoms with Gasteiger partial charge in [-0.15, -0.1) is 0 Å². The third-order valence-corrected chi connectivity index (χ3v) is 4.68. The van der Waals surface area contributed by atoms with E-state index < -0.39 is 14.4 Å². The minimum absolute atomic E-state index is 0.318. The van der Waals surface area contributed by atoms with Crippen LogP contribution in [0.5, 0.6) is 11.5 Å². The van der Waals surface area contributed by atoms with Crippen LogP contribution in [-0.4, -0.2) is 12.4 Å². The summed E-state index contributed by atoms with van der Waals surface area (Å²) in [5.41, 5.74) is 0.457. The fourth-order valence-electron chi connectivity index (χ4n) is 2.14. The van der Waals surface area contributed by atoms with Crippen molar-refractivity contribution in [1.82, 2.24) is 0 Å². The van der Waals surface area contributed by atoms with Crippen molar-refractivity contribution in [1.29, 1.82) is 0 Å². The van der Waals surface area contributed by atoms with Crippen LogP contribution in [0.4, 0.5) is 0 Å². The molecule has 0 saturated carbocycles. The van der Waals surface area contributed by atoms with Crippen LogP contribution < -0.4 is 9.05 Å². The van der Waals surface area contributed by atoms with Crippen LogP contribution in [0, 0.1) is 0 Å². The molecule has 3 aromatic rings. The van der Waals surface area contributed by atoms with E-state index in [1.54, 1.807) is 91.0 Å². The molecule has 0 saturated heterocycles. The quantitative estimate of drug-likeness (QED) is 0.406. The van der Waals surface area contributed by atoms with E-state index in [0.717, 1.165) is 0 Å². The Morgan fingerprint density at radius 2 is 1.12 bits per heavy atom. The van der Waals surface area contributed by atoms with Crippen molar-refractivity contribution in [3.05, 3.63) is 96.6 Å². The maximum absolute atomic E-state index is 13.1. The number of phosphoric ester groups is 1. The zero-order valence-corrected chi connectivity index (χ0v) is 14.8. The third kappa shape index (κ3) is 5.06. The highest BCUT2D eigenvalue weighted by Crippen LogP contribution is 2.49. The smallest absolute Gasteiger partial charge is 0.395 e. The van der Waals surface area contributed by atoms with Gasteiger partial charge in [-0.05, 0) is 24.3 Å². The van der Waals surface area contributed by atoms with Gasteiger partial charge < -0.3 is 9.05 Å². The van der Waals surface area contributed by atoms with Gasteiger partial charge in [0.2, 0.25) is 0 Å². The highest BCUT2D eigenvalue weighted by atomic mass is 31.2. The molecule has 0 aliphatic rings. The van der Waals surface area contributed by atoms with E-state index >= 15 is 0 Å². The Balaban J connectivity index is 1.76. The number of hydrogen-bond acceptors (Lipinski definition) is 5. The summed E-state index contributed by atoms with van der Waals surface area (Å²) in [5, 5.41) is 0. The average molecular weight is 368 g/mol. The van der Waals surface area contributed by atoms with Gasteiger partial charge >= 0.3 is 7.82 Å². The Morgan fingerprint density at radius 1 is 0.692 bits per heavy atom. The lowest BCUT2D eigenvalue weighted by molar-refractivity contribution is 0.0892. The zero-order valence-electron chi connectivity index (χ0n) is 13.9. The van der Waals surface area contributed by atoms with E-state index in [4.69, 9.17) is 13.6 Å². The summed E-state index contributed by atoms with van der Waals surface area (Å²) >= 11 is 0. The molecule has 0 bridgehead atoms. The predicted octanol–water partition coefficient (Wildman–Crippen LogP) is 5.15. The van der Waals surface area contributed by atoms with E-state index in [1.165, 1.54) is 0 Å². The second-order valence-electron chi connectivity index (χ2n) is 5.32. The lowest BCUT2D eigenvalue weighted by Crippen LogP contribution is -2.12. The fourth-order valence-corrected chi connectivity index (χ4v) is 3.32. The lowest BCUT2D eigenvalue weighted by Gasteiger charge is -2.18. The van der Waals surface area contributed by atoms with Crippen LogP contribution in [0.3, 0.4) is 0 Å². The van der Waals surface area contributed by atoms with Gasteiger partial charge in [-0.1, -0.05) is 66.7 Å². The summed E-state index contributed by atoms with van der Waals surface area (Å²) < 4.78 is 29.3. The lowest BCUT2D eigenvalue weighted by atomic mass is 10.1. The number of benzene rings is 3. The standard InChI is InChI=1S/C20H17O5P/c21-20(17-10-4-1-5-11-17)16-23-26(22,24-18-12-6-2-7-13-18)25-19-14-8-3-9-15-19/h1-15H,16H2. The van der Waals surface area contributed by atoms with Crippen molar-refractivity contribution in [3.8, 4) is 11.5 Å². The normalized spacial score (nSPS) is 10.9. The number of carbonyl (C=O) groups is 1. The Labute approximate surface area is 151 Å². The minimum atomic E-state index is -4.06. The van der Waals surface area contributed by atoms with Gasteiger partial charge in [0.25, 0.3) is 0 Å². The molecular formula is C20H17O5P. The molecule has 0 fully saturated rings. The van der Waals surface area contributed by atoms with E-state index in [2.05, 4.69) is 0 Å². The number of phosphoric acid groups is 1. The molecule has 0 aromatic heterocycles. The third-order valence-electron chi connectivity index (χ3n) is 3.37. The number of rotatable bonds is 8. The summed E-state index contributed by atoms with van der Waals surface area (Å²) in [6.45, 7) is -0.430. The second-order valence-corrected chi connectivity index (χ2v) is 6.84. The summed E-state index contributed by atoms with van der Waals surface area (Å²) in [7, 11) is -4.06. The van der Waals surface area contributed by atoms with Crippen LogP contribution >= 0.6 is 7.82 Å². The number of hydrogen-bond donors (Lipinski definition) is 0. The van der Waals surface area contributed by atoms with Crippen molar-refractivity contribution >= 4 is 13.6 Å². The van der Waals surface area contributed by atoms with Crippen molar-refractivity contribution < 1.29 is 22.9 Å².